The van der Waals surface area contributed by atoms with Gasteiger partial charge in [-0.3, -0.25) is 11.1 Å². The molecule has 0 heterocycles. The first-order chi connectivity index (χ1) is 5.61. The molecule has 0 unspecified atom stereocenters. The third-order valence-corrected chi connectivity index (χ3v) is 1.88. The first-order valence-electron chi connectivity index (χ1n) is 4.14. The van der Waals surface area contributed by atoms with E-state index in [-0.39, 0.29) is 98.1 Å². The van der Waals surface area contributed by atoms with Crippen molar-refractivity contribution in [2.75, 3.05) is 0 Å². The summed E-state index contributed by atoms with van der Waals surface area (Å²) in [5, 5.41) is 0. The Balaban J connectivity index is -0.000000480. The molecule has 0 aliphatic carbocycles. The smallest absolute Gasteiger partial charge is 0 e. The van der Waals surface area contributed by atoms with Crippen molar-refractivity contribution in [3.8, 4) is 0 Å². The molecule has 73 valence electrons. The SMILES string of the molecule is C=C([CH2-])c1[c-]cc(C(C)C)cc1.[Y].[Y].[Y]. The van der Waals surface area contributed by atoms with Crippen molar-refractivity contribution in [1.82, 2.24) is 0 Å². The fraction of sp³-hybridized carbons (Fsp3) is 0.250. The van der Waals surface area contributed by atoms with Crippen LogP contribution in [-0.4, -0.2) is 0 Å². The van der Waals surface area contributed by atoms with Crippen LogP contribution in [0.5, 0.6) is 0 Å². The Hall–Kier alpha value is 2.14. The minimum atomic E-state index is 0. The minimum Gasteiger partial charge on any atom is -0.278 e. The fourth-order valence-electron chi connectivity index (χ4n) is 1.02. The average molecular weight is 425 g/mol. The fourth-order valence-corrected chi connectivity index (χ4v) is 1.02. The molecular weight excluding hydrogens is 411 g/mol. The molecule has 0 aliphatic rings. The quantitative estimate of drug-likeness (QED) is 0.638. The van der Waals surface area contributed by atoms with E-state index in [1.807, 2.05) is 12.1 Å². The van der Waals surface area contributed by atoms with E-state index in [4.69, 9.17) is 0 Å². The van der Waals surface area contributed by atoms with E-state index in [1.54, 1.807) is 0 Å². The molecule has 0 saturated carbocycles. The molecule has 1 aromatic rings. The van der Waals surface area contributed by atoms with Crippen LogP contribution in [-0.2, 0) is 98.1 Å². The van der Waals surface area contributed by atoms with E-state index < -0.39 is 0 Å². The normalized spacial score (nSPS) is 8.20. The van der Waals surface area contributed by atoms with Gasteiger partial charge in [-0.25, -0.2) is 19.6 Å². The summed E-state index contributed by atoms with van der Waals surface area (Å²) < 4.78 is 0. The number of rotatable bonds is 2. The van der Waals surface area contributed by atoms with Crippen LogP contribution in [0, 0.1) is 13.0 Å². The zero-order valence-electron chi connectivity index (χ0n) is 9.46. The number of allylic oxidation sites excluding steroid dienone is 1. The van der Waals surface area contributed by atoms with E-state index in [0.29, 0.717) is 5.92 Å². The van der Waals surface area contributed by atoms with Crippen LogP contribution in [0.25, 0.3) is 5.57 Å². The molecule has 0 fully saturated rings. The maximum atomic E-state index is 3.76. The summed E-state index contributed by atoms with van der Waals surface area (Å²) >= 11 is 0. The average Bonchev–Trinajstić information content (AvgIpc) is 2.04. The van der Waals surface area contributed by atoms with Crippen LogP contribution in [0.4, 0.5) is 0 Å². The van der Waals surface area contributed by atoms with Gasteiger partial charge in [0.15, 0.2) is 0 Å². The Morgan fingerprint density at radius 3 is 2.07 bits per heavy atom. The van der Waals surface area contributed by atoms with Crippen molar-refractivity contribution in [2.45, 2.75) is 19.8 Å². The maximum Gasteiger partial charge on any atom is 0 e. The van der Waals surface area contributed by atoms with Gasteiger partial charge in [-0.1, -0.05) is 19.8 Å². The molecule has 0 N–H and O–H groups in total. The monoisotopic (exact) mass is 425 g/mol. The second-order valence-electron chi connectivity index (χ2n) is 3.29. The van der Waals surface area contributed by atoms with E-state index in [1.165, 1.54) is 5.56 Å². The molecule has 0 amide bonds. The number of hydrogen-bond donors (Lipinski definition) is 0. The van der Waals surface area contributed by atoms with E-state index >= 15 is 0 Å². The van der Waals surface area contributed by atoms with Crippen molar-refractivity contribution in [2.24, 2.45) is 0 Å². The first kappa shape index (κ1) is 22.3. The minimum absolute atomic E-state index is 0. The largest absolute Gasteiger partial charge is 0.278 e. The van der Waals surface area contributed by atoms with Crippen molar-refractivity contribution in [3.63, 3.8) is 0 Å². The van der Waals surface area contributed by atoms with Gasteiger partial charge < -0.3 is 0 Å². The third-order valence-electron chi connectivity index (χ3n) is 1.88. The Kier molecular flexibility index (Phi) is 16.7. The molecule has 0 aliphatic heterocycles. The zero-order chi connectivity index (χ0) is 9.14. The molecular formula is C12H14Y3-2. The Labute approximate surface area is 169 Å². The molecule has 1 rings (SSSR count). The molecule has 1 aromatic carbocycles. The summed E-state index contributed by atoms with van der Waals surface area (Å²) in [6.07, 6.45) is 0. The Morgan fingerprint density at radius 1 is 1.27 bits per heavy atom. The maximum absolute atomic E-state index is 3.76. The topological polar surface area (TPSA) is 0 Å². The van der Waals surface area contributed by atoms with Crippen molar-refractivity contribution in [3.05, 3.63) is 48.9 Å². The van der Waals surface area contributed by atoms with Gasteiger partial charge >= 0.3 is 0 Å². The second kappa shape index (κ2) is 11.2. The van der Waals surface area contributed by atoms with E-state index in [2.05, 4.69) is 39.5 Å². The molecule has 0 saturated heterocycles. The van der Waals surface area contributed by atoms with Gasteiger partial charge in [0.1, 0.15) is 0 Å². The van der Waals surface area contributed by atoms with Gasteiger partial charge in [0.25, 0.3) is 0 Å². The molecule has 3 heteroatoms. The van der Waals surface area contributed by atoms with Crippen molar-refractivity contribution in [1.29, 1.82) is 0 Å². The summed E-state index contributed by atoms with van der Waals surface area (Å²) in [5.41, 5.74) is 3.13. The molecule has 0 nitrogen and oxygen atoms in total. The molecule has 15 heavy (non-hydrogen) atoms. The van der Waals surface area contributed by atoms with Crippen molar-refractivity contribution < 1.29 is 98.1 Å². The van der Waals surface area contributed by atoms with Crippen LogP contribution in [0.1, 0.15) is 30.9 Å². The summed E-state index contributed by atoms with van der Waals surface area (Å²) in [6, 6.07) is 9.29. The predicted molar refractivity (Wildman–Crippen MR) is 53.8 cm³/mol. The second-order valence-corrected chi connectivity index (χ2v) is 3.29. The van der Waals surface area contributed by atoms with Gasteiger partial charge in [0.2, 0.25) is 0 Å². The van der Waals surface area contributed by atoms with Crippen LogP contribution < -0.4 is 0 Å². The van der Waals surface area contributed by atoms with Gasteiger partial charge in [0, 0.05) is 98.1 Å². The van der Waals surface area contributed by atoms with Crippen LogP contribution in [0.3, 0.4) is 0 Å². The van der Waals surface area contributed by atoms with E-state index in [0.717, 1.165) is 11.1 Å². The van der Waals surface area contributed by atoms with Gasteiger partial charge in [-0.05, 0) is 0 Å². The molecule has 0 atom stereocenters. The van der Waals surface area contributed by atoms with Crippen LogP contribution in [0.2, 0.25) is 0 Å². The summed E-state index contributed by atoms with van der Waals surface area (Å²) in [5.74, 6) is 0.563. The predicted octanol–water partition coefficient (Wildman–Crippen LogP) is 3.45. The van der Waals surface area contributed by atoms with E-state index in [9.17, 15) is 0 Å². The molecule has 0 aromatic heterocycles. The number of hydrogen-bond acceptors (Lipinski definition) is 0. The summed E-state index contributed by atoms with van der Waals surface area (Å²) in [6.45, 7) is 11.9. The standard InChI is InChI=1S/C12H14.3Y/c1-9(2)11-5-7-12(8-6-11)10(3)4;;;/h5,7-8,10H,1-2H2,3-4H3;;;/q-2;;;. The molecule has 0 bridgehead atoms. The zero-order valence-corrected chi connectivity index (χ0v) is 18.0. The molecule has 3 radical (unpaired) electrons. The van der Waals surface area contributed by atoms with Crippen LogP contribution in [0.15, 0.2) is 24.8 Å². The summed E-state index contributed by atoms with van der Waals surface area (Å²) in [7, 11) is 0. The third kappa shape index (κ3) is 7.96. The van der Waals surface area contributed by atoms with Gasteiger partial charge in [-0.2, -0.15) is 18.2 Å². The number of benzene rings is 1. The Morgan fingerprint density at radius 2 is 1.80 bits per heavy atom. The van der Waals surface area contributed by atoms with Crippen molar-refractivity contribution >= 4 is 5.57 Å². The molecule has 0 spiro atoms. The summed E-state index contributed by atoms with van der Waals surface area (Å²) in [4.78, 5) is 0. The van der Waals surface area contributed by atoms with Gasteiger partial charge in [0.05, 0.1) is 0 Å². The first-order valence-corrected chi connectivity index (χ1v) is 4.14. The van der Waals surface area contributed by atoms with Crippen LogP contribution >= 0.6 is 0 Å². The Bertz CT molecular complexity index is 275. The van der Waals surface area contributed by atoms with Gasteiger partial charge in [-0.15, -0.1) is 5.56 Å².